The van der Waals surface area contributed by atoms with Crippen LogP contribution in [-0.4, -0.2) is 37.6 Å². The zero-order valence-corrected chi connectivity index (χ0v) is 16.8. The number of nitrogens with one attached hydrogen (secondary N) is 1. The minimum atomic E-state index is -0.747. The van der Waals surface area contributed by atoms with Crippen molar-refractivity contribution in [3.8, 4) is 11.5 Å². The van der Waals surface area contributed by atoms with Gasteiger partial charge >= 0.3 is 5.97 Å². The summed E-state index contributed by atoms with van der Waals surface area (Å²) >= 11 is 0. The molecule has 0 aliphatic carbocycles. The van der Waals surface area contributed by atoms with Crippen molar-refractivity contribution < 1.29 is 28.7 Å². The maximum atomic E-state index is 12.1. The standard InChI is InChI=1S/C21H22N2O7/c1-14(18-12-17(28-2)8-9-19(18)29-3)22-20(24)13-30-21(25)10-7-15-5-4-6-16(11-15)23(26)27/h4-12,14H,13H2,1-3H3,(H,22,24)/b10-7+/t14-/m0/s1. The highest BCUT2D eigenvalue weighted by molar-refractivity contribution is 5.89. The minimum Gasteiger partial charge on any atom is -0.497 e. The summed E-state index contributed by atoms with van der Waals surface area (Å²) in [4.78, 5) is 34.2. The maximum Gasteiger partial charge on any atom is 0.331 e. The number of nitro benzene ring substituents is 1. The van der Waals surface area contributed by atoms with Crippen LogP contribution in [0.3, 0.4) is 0 Å². The van der Waals surface area contributed by atoms with Crippen LogP contribution in [0, 0.1) is 10.1 Å². The van der Waals surface area contributed by atoms with E-state index in [1.54, 1.807) is 31.2 Å². The third-order valence-electron chi connectivity index (χ3n) is 4.12. The first-order valence-electron chi connectivity index (χ1n) is 8.94. The number of ether oxygens (including phenoxy) is 3. The first-order chi connectivity index (χ1) is 14.3. The Kier molecular flexibility index (Phi) is 7.92. The summed E-state index contributed by atoms with van der Waals surface area (Å²) in [7, 11) is 3.06. The second-order valence-corrected chi connectivity index (χ2v) is 6.19. The Morgan fingerprint density at radius 1 is 1.17 bits per heavy atom. The van der Waals surface area contributed by atoms with Crippen molar-refractivity contribution in [2.24, 2.45) is 0 Å². The first-order valence-corrected chi connectivity index (χ1v) is 8.94. The molecule has 9 nitrogen and oxygen atoms in total. The molecule has 1 N–H and O–H groups in total. The van der Waals surface area contributed by atoms with Crippen molar-refractivity contribution in [2.45, 2.75) is 13.0 Å². The predicted octanol–water partition coefficient (Wildman–Crippen LogP) is 3.05. The number of esters is 1. The molecule has 0 aromatic heterocycles. The summed E-state index contributed by atoms with van der Waals surface area (Å²) < 4.78 is 15.4. The van der Waals surface area contributed by atoms with Crippen LogP contribution in [0.1, 0.15) is 24.1 Å². The van der Waals surface area contributed by atoms with Crippen LogP contribution in [0.15, 0.2) is 48.5 Å². The third kappa shape index (κ3) is 6.33. The highest BCUT2D eigenvalue weighted by Gasteiger charge is 2.16. The van der Waals surface area contributed by atoms with Crippen LogP contribution in [0.2, 0.25) is 0 Å². The minimum absolute atomic E-state index is 0.0909. The fourth-order valence-corrected chi connectivity index (χ4v) is 2.63. The van der Waals surface area contributed by atoms with Gasteiger partial charge < -0.3 is 19.5 Å². The normalized spacial score (nSPS) is 11.6. The van der Waals surface area contributed by atoms with Crippen LogP contribution in [0.25, 0.3) is 6.08 Å². The van der Waals surface area contributed by atoms with E-state index >= 15 is 0 Å². The monoisotopic (exact) mass is 414 g/mol. The molecule has 2 rings (SSSR count). The van der Waals surface area contributed by atoms with Gasteiger partial charge in [0.25, 0.3) is 11.6 Å². The van der Waals surface area contributed by atoms with Crippen molar-refractivity contribution in [2.75, 3.05) is 20.8 Å². The number of amides is 1. The highest BCUT2D eigenvalue weighted by atomic mass is 16.6. The molecule has 0 radical (unpaired) electrons. The number of hydrogen-bond donors (Lipinski definition) is 1. The van der Waals surface area contributed by atoms with Crippen LogP contribution < -0.4 is 14.8 Å². The number of nitrogens with zero attached hydrogens (tertiary/aromatic N) is 1. The molecule has 158 valence electrons. The lowest BCUT2D eigenvalue weighted by atomic mass is 10.1. The average Bonchev–Trinajstić information content (AvgIpc) is 2.75. The van der Waals surface area contributed by atoms with Gasteiger partial charge in [-0.15, -0.1) is 0 Å². The third-order valence-corrected chi connectivity index (χ3v) is 4.12. The largest absolute Gasteiger partial charge is 0.497 e. The average molecular weight is 414 g/mol. The molecule has 0 heterocycles. The Labute approximate surface area is 173 Å². The highest BCUT2D eigenvalue weighted by Crippen LogP contribution is 2.29. The van der Waals surface area contributed by atoms with E-state index in [2.05, 4.69) is 5.32 Å². The number of hydrogen-bond acceptors (Lipinski definition) is 7. The van der Waals surface area contributed by atoms with Gasteiger partial charge in [0.05, 0.1) is 25.2 Å². The second kappa shape index (κ2) is 10.6. The van der Waals surface area contributed by atoms with Crippen LogP contribution in [0.5, 0.6) is 11.5 Å². The number of non-ortho nitro benzene ring substituents is 1. The van der Waals surface area contributed by atoms with E-state index in [0.717, 1.165) is 6.08 Å². The van der Waals surface area contributed by atoms with Crippen LogP contribution in [0.4, 0.5) is 5.69 Å². The smallest absolute Gasteiger partial charge is 0.331 e. The Balaban J connectivity index is 1.90. The number of carbonyl (C=O) groups excluding carboxylic acids is 2. The van der Waals surface area contributed by atoms with Crippen molar-refractivity contribution in [1.82, 2.24) is 5.32 Å². The molecule has 0 unspecified atom stereocenters. The van der Waals surface area contributed by atoms with Crippen LogP contribution in [-0.2, 0) is 14.3 Å². The van der Waals surface area contributed by atoms with E-state index in [1.807, 2.05) is 0 Å². The summed E-state index contributed by atoms with van der Waals surface area (Å²) in [5.41, 5.74) is 1.08. The summed E-state index contributed by atoms with van der Waals surface area (Å²) in [6.07, 6.45) is 2.47. The Morgan fingerprint density at radius 2 is 1.93 bits per heavy atom. The molecule has 0 fully saturated rings. The van der Waals surface area contributed by atoms with Gasteiger partial charge in [-0.25, -0.2) is 4.79 Å². The van der Waals surface area contributed by atoms with Crippen molar-refractivity contribution in [1.29, 1.82) is 0 Å². The SMILES string of the molecule is COc1ccc(OC)c([C@H](C)NC(=O)COC(=O)/C=C/c2cccc([N+](=O)[O-])c2)c1. The summed E-state index contributed by atoms with van der Waals surface area (Å²) in [6, 6.07) is 10.6. The molecule has 0 aliphatic rings. The zero-order valence-electron chi connectivity index (χ0n) is 16.8. The van der Waals surface area contributed by atoms with Gasteiger partial charge in [0, 0.05) is 23.8 Å². The van der Waals surface area contributed by atoms with Crippen molar-refractivity contribution >= 4 is 23.6 Å². The van der Waals surface area contributed by atoms with Gasteiger partial charge in [-0.1, -0.05) is 12.1 Å². The molecular weight excluding hydrogens is 392 g/mol. The Morgan fingerprint density at radius 3 is 2.60 bits per heavy atom. The topological polar surface area (TPSA) is 117 Å². The molecule has 9 heteroatoms. The molecule has 0 saturated carbocycles. The van der Waals surface area contributed by atoms with Gasteiger partial charge in [-0.2, -0.15) is 0 Å². The lowest BCUT2D eigenvalue weighted by Crippen LogP contribution is -2.31. The molecule has 0 bridgehead atoms. The maximum absolute atomic E-state index is 12.1. The van der Waals surface area contributed by atoms with Crippen molar-refractivity contribution in [3.05, 3.63) is 69.8 Å². The second-order valence-electron chi connectivity index (χ2n) is 6.19. The van der Waals surface area contributed by atoms with E-state index < -0.39 is 29.4 Å². The van der Waals surface area contributed by atoms with Gasteiger partial charge in [-0.05, 0) is 36.8 Å². The van der Waals surface area contributed by atoms with E-state index in [9.17, 15) is 19.7 Å². The molecule has 2 aromatic rings. The summed E-state index contributed by atoms with van der Waals surface area (Å²) in [5.74, 6) is -0.0437. The van der Waals surface area contributed by atoms with E-state index in [0.29, 0.717) is 22.6 Å². The molecule has 1 amide bonds. The predicted molar refractivity (Wildman–Crippen MR) is 109 cm³/mol. The first kappa shape index (κ1) is 22.4. The number of nitro groups is 1. The van der Waals surface area contributed by atoms with E-state index in [-0.39, 0.29) is 5.69 Å². The summed E-state index contributed by atoms with van der Waals surface area (Å²) in [6.45, 7) is 1.29. The van der Waals surface area contributed by atoms with Gasteiger partial charge in [0.1, 0.15) is 11.5 Å². The molecular formula is C21H22N2O7. The number of benzene rings is 2. The number of rotatable bonds is 9. The fraction of sp³-hybridized carbons (Fsp3) is 0.238. The number of carbonyl (C=O) groups is 2. The Bertz CT molecular complexity index is 956. The van der Waals surface area contributed by atoms with Gasteiger partial charge in [-0.3, -0.25) is 14.9 Å². The Hall–Kier alpha value is -3.88. The zero-order chi connectivity index (χ0) is 22.1. The lowest BCUT2D eigenvalue weighted by Gasteiger charge is -2.18. The fourth-order valence-electron chi connectivity index (χ4n) is 2.63. The quantitative estimate of drug-likeness (QED) is 0.290. The molecule has 0 saturated heterocycles. The van der Waals surface area contributed by atoms with Gasteiger partial charge in [0.2, 0.25) is 0 Å². The van der Waals surface area contributed by atoms with Crippen molar-refractivity contribution in [3.63, 3.8) is 0 Å². The summed E-state index contributed by atoms with van der Waals surface area (Å²) in [5, 5.41) is 13.5. The molecule has 30 heavy (non-hydrogen) atoms. The van der Waals surface area contributed by atoms with E-state index in [1.165, 1.54) is 38.5 Å². The number of methoxy groups -OCH3 is 2. The molecule has 1 atom stereocenters. The molecule has 0 aliphatic heterocycles. The van der Waals surface area contributed by atoms with E-state index in [4.69, 9.17) is 14.2 Å². The molecule has 0 spiro atoms. The lowest BCUT2D eigenvalue weighted by molar-refractivity contribution is -0.384. The molecule has 2 aromatic carbocycles. The van der Waals surface area contributed by atoms with Gasteiger partial charge in [0.15, 0.2) is 6.61 Å². The van der Waals surface area contributed by atoms with Crippen LogP contribution >= 0.6 is 0 Å².